The van der Waals surface area contributed by atoms with Crippen molar-refractivity contribution in [1.82, 2.24) is 5.32 Å². The summed E-state index contributed by atoms with van der Waals surface area (Å²) in [4.78, 5) is 12.0. The van der Waals surface area contributed by atoms with E-state index in [9.17, 15) is 4.79 Å². The number of nitrogens with one attached hydrogen (secondary N) is 1. The van der Waals surface area contributed by atoms with Gasteiger partial charge in [-0.15, -0.1) is 0 Å². The van der Waals surface area contributed by atoms with Crippen molar-refractivity contribution in [2.24, 2.45) is 17.6 Å². The van der Waals surface area contributed by atoms with Crippen LogP contribution in [0.3, 0.4) is 0 Å². The van der Waals surface area contributed by atoms with Gasteiger partial charge in [-0.1, -0.05) is 13.3 Å². The van der Waals surface area contributed by atoms with Gasteiger partial charge in [0, 0.05) is 11.5 Å². The highest BCUT2D eigenvalue weighted by Crippen LogP contribution is 2.31. The van der Waals surface area contributed by atoms with Crippen LogP contribution in [0.5, 0.6) is 0 Å². The molecule has 0 spiro atoms. The average Bonchev–Trinajstić information content (AvgIpc) is 2.64. The van der Waals surface area contributed by atoms with Crippen molar-refractivity contribution in [3.63, 3.8) is 0 Å². The molecule has 0 aromatic carbocycles. The van der Waals surface area contributed by atoms with Gasteiger partial charge in [-0.2, -0.15) is 0 Å². The molecule has 3 N–H and O–H groups in total. The summed E-state index contributed by atoms with van der Waals surface area (Å²) in [7, 11) is 0. The van der Waals surface area contributed by atoms with Crippen LogP contribution >= 0.6 is 0 Å². The first-order chi connectivity index (χ1) is 7.00. The Morgan fingerprint density at radius 2 is 2.13 bits per heavy atom. The number of hydrogen-bond donors (Lipinski definition) is 2. The topological polar surface area (TPSA) is 55.1 Å². The zero-order valence-electron chi connectivity index (χ0n) is 10.2. The highest BCUT2D eigenvalue weighted by atomic mass is 16.2. The second kappa shape index (κ2) is 4.97. The van der Waals surface area contributed by atoms with E-state index in [1.807, 2.05) is 0 Å². The zero-order valence-corrected chi connectivity index (χ0v) is 10.2. The molecule has 1 amide bonds. The Bertz CT molecular complexity index is 226. The second-order valence-corrected chi connectivity index (χ2v) is 5.26. The van der Waals surface area contributed by atoms with E-state index >= 15 is 0 Å². The first-order valence-electron chi connectivity index (χ1n) is 6.02. The van der Waals surface area contributed by atoms with Crippen molar-refractivity contribution in [2.75, 3.05) is 6.54 Å². The summed E-state index contributed by atoms with van der Waals surface area (Å²) >= 11 is 0. The van der Waals surface area contributed by atoms with Crippen LogP contribution in [0.4, 0.5) is 0 Å². The molecule has 1 aliphatic carbocycles. The van der Waals surface area contributed by atoms with Gasteiger partial charge in [0.1, 0.15) is 0 Å². The van der Waals surface area contributed by atoms with Crippen LogP contribution in [0.25, 0.3) is 0 Å². The normalized spacial score (nSPS) is 26.7. The fourth-order valence-electron chi connectivity index (χ4n) is 2.18. The molecule has 1 saturated carbocycles. The van der Waals surface area contributed by atoms with Crippen LogP contribution in [0, 0.1) is 11.8 Å². The van der Waals surface area contributed by atoms with Crippen molar-refractivity contribution in [2.45, 2.75) is 52.0 Å². The van der Waals surface area contributed by atoms with E-state index < -0.39 is 0 Å². The second-order valence-electron chi connectivity index (χ2n) is 5.26. The zero-order chi connectivity index (χ0) is 11.5. The molecule has 0 aromatic heterocycles. The Morgan fingerprint density at radius 1 is 1.47 bits per heavy atom. The fraction of sp³-hybridized carbons (Fsp3) is 0.917. The van der Waals surface area contributed by atoms with Crippen molar-refractivity contribution < 1.29 is 4.79 Å². The van der Waals surface area contributed by atoms with E-state index in [0.717, 1.165) is 25.7 Å². The molecule has 88 valence electrons. The van der Waals surface area contributed by atoms with Gasteiger partial charge in [-0.25, -0.2) is 0 Å². The van der Waals surface area contributed by atoms with Crippen LogP contribution in [-0.4, -0.2) is 18.0 Å². The monoisotopic (exact) mass is 212 g/mol. The minimum absolute atomic E-state index is 0.0845. The van der Waals surface area contributed by atoms with E-state index in [0.29, 0.717) is 12.5 Å². The van der Waals surface area contributed by atoms with Gasteiger partial charge in [0.25, 0.3) is 0 Å². The first-order valence-corrected chi connectivity index (χ1v) is 6.02. The fourth-order valence-corrected chi connectivity index (χ4v) is 2.18. The number of rotatable bonds is 4. The molecule has 3 nitrogen and oxygen atoms in total. The lowest BCUT2D eigenvalue weighted by Gasteiger charge is -2.28. The largest absolute Gasteiger partial charge is 0.351 e. The smallest absolute Gasteiger partial charge is 0.223 e. The standard InChI is InChI=1S/C12H24N2O/c1-4-12(2,3)14-11(15)10-7-5-6-9(10)8-13/h9-10H,4-8,13H2,1-3H3,(H,14,15). The summed E-state index contributed by atoms with van der Waals surface area (Å²) in [6.45, 7) is 6.87. The quantitative estimate of drug-likeness (QED) is 0.744. The average molecular weight is 212 g/mol. The van der Waals surface area contributed by atoms with Crippen molar-refractivity contribution in [1.29, 1.82) is 0 Å². The maximum Gasteiger partial charge on any atom is 0.223 e. The van der Waals surface area contributed by atoms with E-state index in [4.69, 9.17) is 5.73 Å². The molecule has 0 aromatic rings. The minimum atomic E-state index is -0.0845. The molecule has 1 rings (SSSR count). The van der Waals surface area contributed by atoms with Crippen molar-refractivity contribution >= 4 is 5.91 Å². The highest BCUT2D eigenvalue weighted by molar-refractivity contribution is 5.80. The minimum Gasteiger partial charge on any atom is -0.351 e. The third-order valence-corrected chi connectivity index (χ3v) is 3.64. The molecule has 0 radical (unpaired) electrons. The Kier molecular flexibility index (Phi) is 4.14. The number of carbonyl (C=O) groups excluding carboxylic acids is 1. The molecule has 15 heavy (non-hydrogen) atoms. The third-order valence-electron chi connectivity index (χ3n) is 3.64. The molecule has 0 aliphatic heterocycles. The molecule has 0 bridgehead atoms. The Morgan fingerprint density at radius 3 is 2.67 bits per heavy atom. The van der Waals surface area contributed by atoms with Crippen LogP contribution < -0.4 is 11.1 Å². The molecular formula is C12H24N2O. The van der Waals surface area contributed by atoms with Gasteiger partial charge in [-0.05, 0) is 45.6 Å². The molecule has 2 atom stereocenters. The van der Waals surface area contributed by atoms with Gasteiger partial charge in [-0.3, -0.25) is 4.79 Å². The van der Waals surface area contributed by atoms with Crippen LogP contribution in [0.1, 0.15) is 46.5 Å². The van der Waals surface area contributed by atoms with Crippen molar-refractivity contribution in [3.8, 4) is 0 Å². The number of amides is 1. The Balaban J connectivity index is 2.53. The van der Waals surface area contributed by atoms with Gasteiger partial charge in [0.05, 0.1) is 0 Å². The highest BCUT2D eigenvalue weighted by Gasteiger charge is 2.33. The van der Waals surface area contributed by atoms with Gasteiger partial charge >= 0.3 is 0 Å². The Hall–Kier alpha value is -0.570. The molecule has 0 saturated heterocycles. The molecule has 2 unspecified atom stereocenters. The molecular weight excluding hydrogens is 188 g/mol. The lowest BCUT2D eigenvalue weighted by Crippen LogP contribution is -2.46. The van der Waals surface area contributed by atoms with Crippen LogP contribution in [0.15, 0.2) is 0 Å². The molecule has 0 heterocycles. The molecule has 1 aliphatic rings. The first kappa shape index (κ1) is 12.5. The van der Waals surface area contributed by atoms with E-state index in [2.05, 4.69) is 26.1 Å². The lowest BCUT2D eigenvalue weighted by atomic mass is 9.93. The predicted molar refractivity (Wildman–Crippen MR) is 62.4 cm³/mol. The maximum absolute atomic E-state index is 12.0. The van der Waals surface area contributed by atoms with E-state index in [1.165, 1.54) is 0 Å². The number of nitrogens with two attached hydrogens (primary N) is 1. The predicted octanol–water partition coefficient (Wildman–Crippen LogP) is 1.67. The van der Waals surface area contributed by atoms with E-state index in [-0.39, 0.29) is 17.4 Å². The lowest BCUT2D eigenvalue weighted by molar-refractivity contribution is -0.127. The summed E-state index contributed by atoms with van der Waals surface area (Å²) in [5.74, 6) is 0.758. The summed E-state index contributed by atoms with van der Waals surface area (Å²) in [5, 5.41) is 3.12. The van der Waals surface area contributed by atoms with E-state index in [1.54, 1.807) is 0 Å². The van der Waals surface area contributed by atoms with Crippen LogP contribution in [0.2, 0.25) is 0 Å². The molecule has 3 heteroatoms. The van der Waals surface area contributed by atoms with Crippen molar-refractivity contribution in [3.05, 3.63) is 0 Å². The summed E-state index contributed by atoms with van der Waals surface area (Å²) < 4.78 is 0. The Labute approximate surface area is 92.8 Å². The maximum atomic E-state index is 12.0. The molecule has 1 fully saturated rings. The van der Waals surface area contributed by atoms with Gasteiger partial charge in [0.2, 0.25) is 5.91 Å². The van der Waals surface area contributed by atoms with Gasteiger partial charge in [0.15, 0.2) is 0 Å². The summed E-state index contributed by atoms with van der Waals surface area (Å²) in [6, 6.07) is 0. The van der Waals surface area contributed by atoms with Gasteiger partial charge < -0.3 is 11.1 Å². The summed E-state index contributed by atoms with van der Waals surface area (Å²) in [5.41, 5.74) is 5.59. The number of hydrogen-bond acceptors (Lipinski definition) is 2. The summed E-state index contributed by atoms with van der Waals surface area (Å²) in [6.07, 6.45) is 4.22. The van der Waals surface area contributed by atoms with Crippen LogP contribution in [-0.2, 0) is 4.79 Å². The third kappa shape index (κ3) is 3.20. The number of carbonyl (C=O) groups is 1. The SMILES string of the molecule is CCC(C)(C)NC(=O)C1CCCC1CN.